The van der Waals surface area contributed by atoms with Crippen LogP contribution in [0.3, 0.4) is 0 Å². The van der Waals surface area contributed by atoms with Crippen molar-refractivity contribution in [3.63, 3.8) is 0 Å². The standard InChI is InChI=1S/C8H9Cl2FO4S2/c1-2-16(12,13)6-3-4-8(11,7(9)5-6)17(10,14)15/h3-5,7H,2H2,1H3. The second-order valence-electron chi connectivity index (χ2n) is 3.34. The van der Waals surface area contributed by atoms with Crippen molar-refractivity contribution in [2.75, 3.05) is 5.75 Å². The summed E-state index contributed by atoms with van der Waals surface area (Å²) < 4.78 is 59.0. The molecule has 0 spiro atoms. The molecule has 0 N–H and O–H groups in total. The van der Waals surface area contributed by atoms with Crippen LogP contribution in [0.5, 0.6) is 0 Å². The van der Waals surface area contributed by atoms with Gasteiger partial charge < -0.3 is 0 Å². The molecule has 1 aliphatic carbocycles. The number of hydrogen-bond donors (Lipinski definition) is 0. The molecule has 4 nitrogen and oxygen atoms in total. The van der Waals surface area contributed by atoms with Gasteiger partial charge in [0.25, 0.3) is 14.1 Å². The molecule has 0 amide bonds. The Labute approximate surface area is 108 Å². The van der Waals surface area contributed by atoms with Gasteiger partial charge in [-0.15, -0.1) is 11.6 Å². The van der Waals surface area contributed by atoms with E-state index in [2.05, 4.69) is 0 Å². The second-order valence-corrected chi connectivity index (χ2v) is 8.81. The molecule has 0 fully saturated rings. The summed E-state index contributed by atoms with van der Waals surface area (Å²) in [5.74, 6) is -0.195. The summed E-state index contributed by atoms with van der Waals surface area (Å²) in [5.41, 5.74) is 0. The maximum atomic E-state index is 14.0. The van der Waals surface area contributed by atoms with Crippen LogP contribution < -0.4 is 0 Å². The molecule has 0 radical (unpaired) electrons. The van der Waals surface area contributed by atoms with Crippen molar-refractivity contribution in [3.8, 4) is 0 Å². The van der Waals surface area contributed by atoms with Crippen LogP contribution in [-0.2, 0) is 18.9 Å². The van der Waals surface area contributed by atoms with Gasteiger partial charge in [0.1, 0.15) is 5.38 Å². The van der Waals surface area contributed by atoms with Crippen LogP contribution in [0.1, 0.15) is 6.92 Å². The minimum absolute atomic E-state index is 0.195. The molecule has 2 atom stereocenters. The first-order valence-electron chi connectivity index (χ1n) is 4.45. The Balaban J connectivity index is 3.26. The number of alkyl halides is 2. The molecule has 0 aromatic rings. The van der Waals surface area contributed by atoms with Crippen molar-refractivity contribution in [2.24, 2.45) is 0 Å². The smallest absolute Gasteiger partial charge is 0.224 e. The molecule has 98 valence electrons. The molecule has 17 heavy (non-hydrogen) atoms. The van der Waals surface area contributed by atoms with E-state index in [0.29, 0.717) is 6.08 Å². The van der Waals surface area contributed by atoms with E-state index in [4.69, 9.17) is 22.3 Å². The molecule has 1 aliphatic rings. The molecular formula is C8H9Cl2FO4S2. The summed E-state index contributed by atoms with van der Waals surface area (Å²) in [5, 5.41) is -4.69. The van der Waals surface area contributed by atoms with Gasteiger partial charge in [-0.05, 0) is 18.2 Å². The third-order valence-electron chi connectivity index (χ3n) is 2.27. The maximum Gasteiger partial charge on any atom is 0.273 e. The van der Waals surface area contributed by atoms with Crippen LogP contribution in [0.4, 0.5) is 4.39 Å². The van der Waals surface area contributed by atoms with E-state index in [0.717, 1.165) is 12.2 Å². The highest BCUT2D eigenvalue weighted by Crippen LogP contribution is 2.37. The third kappa shape index (κ3) is 2.67. The Bertz CT molecular complexity index is 579. The molecule has 0 aromatic heterocycles. The molecule has 9 heteroatoms. The van der Waals surface area contributed by atoms with Crippen molar-refractivity contribution in [1.29, 1.82) is 0 Å². The summed E-state index contributed by atoms with van der Waals surface area (Å²) in [7, 11) is -3.24. The third-order valence-corrected chi connectivity index (χ3v) is 6.44. The Kier molecular flexibility index (Phi) is 3.98. The number of halogens is 3. The topological polar surface area (TPSA) is 68.3 Å². The Morgan fingerprint density at radius 1 is 1.41 bits per heavy atom. The SMILES string of the molecule is CCS(=O)(=O)C1=CC(Cl)C(F)(S(=O)(=O)Cl)C=C1. The number of allylic oxidation sites excluding steroid dienone is 2. The van der Waals surface area contributed by atoms with Gasteiger partial charge in [0, 0.05) is 10.7 Å². The summed E-state index contributed by atoms with van der Waals surface area (Å²) >= 11 is 5.54. The Morgan fingerprint density at radius 3 is 2.29 bits per heavy atom. The summed E-state index contributed by atoms with van der Waals surface area (Å²) in [4.78, 5) is -0.214. The quantitative estimate of drug-likeness (QED) is 0.586. The predicted octanol–water partition coefficient (Wildman–Crippen LogP) is 1.72. The average molecular weight is 323 g/mol. The monoisotopic (exact) mass is 322 g/mol. The highest BCUT2D eigenvalue weighted by molar-refractivity contribution is 8.14. The van der Waals surface area contributed by atoms with Gasteiger partial charge in [0.2, 0.25) is 0 Å². The zero-order valence-electron chi connectivity index (χ0n) is 8.60. The second kappa shape index (κ2) is 4.53. The van der Waals surface area contributed by atoms with Crippen LogP contribution in [0.2, 0.25) is 0 Å². The number of rotatable bonds is 3. The van der Waals surface area contributed by atoms with Gasteiger partial charge in [-0.2, -0.15) is 0 Å². The van der Waals surface area contributed by atoms with Crippen LogP contribution in [0.25, 0.3) is 0 Å². The first-order chi connectivity index (χ1) is 7.54. The summed E-state index contributed by atoms with van der Waals surface area (Å²) in [6, 6.07) is 0. The van der Waals surface area contributed by atoms with E-state index in [1.807, 2.05) is 0 Å². The first kappa shape index (κ1) is 14.9. The minimum Gasteiger partial charge on any atom is -0.224 e. The van der Waals surface area contributed by atoms with Crippen molar-refractivity contribution >= 4 is 41.2 Å². The van der Waals surface area contributed by atoms with Crippen molar-refractivity contribution < 1.29 is 21.2 Å². The zero-order chi connectivity index (χ0) is 13.5. The fourth-order valence-electron chi connectivity index (χ4n) is 1.19. The fourth-order valence-corrected chi connectivity index (χ4v) is 3.92. The average Bonchev–Trinajstić information content (AvgIpc) is 2.20. The fraction of sp³-hybridized carbons (Fsp3) is 0.500. The van der Waals surface area contributed by atoms with Crippen molar-refractivity contribution in [1.82, 2.24) is 0 Å². The molecular weight excluding hydrogens is 314 g/mol. The lowest BCUT2D eigenvalue weighted by Gasteiger charge is -2.25. The molecule has 0 aliphatic heterocycles. The molecule has 1 rings (SSSR count). The highest BCUT2D eigenvalue weighted by atomic mass is 35.7. The van der Waals surface area contributed by atoms with E-state index in [1.54, 1.807) is 0 Å². The molecule has 0 heterocycles. The van der Waals surface area contributed by atoms with Crippen molar-refractivity contribution in [2.45, 2.75) is 17.3 Å². The van der Waals surface area contributed by atoms with E-state index in [-0.39, 0.29) is 10.7 Å². The van der Waals surface area contributed by atoms with Gasteiger partial charge in [-0.3, -0.25) is 0 Å². The number of sulfone groups is 1. The summed E-state index contributed by atoms with van der Waals surface area (Å²) in [6.45, 7) is 1.41. The number of hydrogen-bond acceptors (Lipinski definition) is 4. The van der Waals surface area contributed by atoms with Gasteiger partial charge in [0.05, 0.1) is 10.7 Å². The van der Waals surface area contributed by atoms with Crippen LogP contribution in [0, 0.1) is 0 Å². The minimum atomic E-state index is -4.60. The van der Waals surface area contributed by atoms with E-state index in [9.17, 15) is 21.2 Å². The normalized spacial score (nSPS) is 30.1. The zero-order valence-corrected chi connectivity index (χ0v) is 11.7. The van der Waals surface area contributed by atoms with Crippen LogP contribution in [-0.4, -0.2) is 33.0 Å². The lowest BCUT2D eigenvalue weighted by molar-refractivity contribution is 0.339. The van der Waals surface area contributed by atoms with E-state index in [1.165, 1.54) is 6.92 Å². The molecule has 0 saturated heterocycles. The maximum absolute atomic E-state index is 14.0. The van der Waals surface area contributed by atoms with Gasteiger partial charge >= 0.3 is 0 Å². The van der Waals surface area contributed by atoms with E-state index >= 15 is 0 Å². The van der Waals surface area contributed by atoms with Crippen LogP contribution >= 0.6 is 22.3 Å². The molecule has 2 unspecified atom stereocenters. The molecule has 0 bridgehead atoms. The van der Waals surface area contributed by atoms with Gasteiger partial charge in [-0.1, -0.05) is 6.92 Å². The highest BCUT2D eigenvalue weighted by Gasteiger charge is 2.49. The van der Waals surface area contributed by atoms with E-state index < -0.39 is 29.3 Å². The molecule has 0 aromatic carbocycles. The molecule has 0 saturated carbocycles. The van der Waals surface area contributed by atoms with Gasteiger partial charge in [0.15, 0.2) is 9.84 Å². The Hall–Kier alpha value is -0.110. The largest absolute Gasteiger partial charge is 0.273 e. The van der Waals surface area contributed by atoms with Crippen LogP contribution in [0.15, 0.2) is 23.1 Å². The van der Waals surface area contributed by atoms with Gasteiger partial charge in [-0.25, -0.2) is 21.2 Å². The lowest BCUT2D eigenvalue weighted by atomic mass is 10.1. The first-order valence-corrected chi connectivity index (χ1v) is 8.85. The lowest BCUT2D eigenvalue weighted by Crippen LogP contribution is -2.39. The van der Waals surface area contributed by atoms with Crippen molar-refractivity contribution in [3.05, 3.63) is 23.1 Å². The predicted molar refractivity (Wildman–Crippen MR) is 64.9 cm³/mol. The Morgan fingerprint density at radius 2 is 1.94 bits per heavy atom. The summed E-state index contributed by atoms with van der Waals surface area (Å²) in [6.07, 6.45) is 2.24.